The molecule has 0 N–H and O–H groups in total. The van der Waals surface area contributed by atoms with Crippen LogP contribution in [0.2, 0.25) is 0 Å². The van der Waals surface area contributed by atoms with Gasteiger partial charge in [-0.3, -0.25) is 4.79 Å². The monoisotopic (exact) mass is 398 g/mol. The Labute approximate surface area is 167 Å². The Hall–Kier alpha value is -0.550. The molecule has 5 heteroatoms. The number of carbonyl (C=O) groups is 1. The molecule has 1 unspecified atom stereocenters. The van der Waals surface area contributed by atoms with Crippen LogP contribution in [0.25, 0.3) is 0 Å². The lowest BCUT2D eigenvalue weighted by atomic mass is 9.60. The summed E-state index contributed by atoms with van der Waals surface area (Å²) in [6.45, 7) is 2.42. The van der Waals surface area contributed by atoms with Crippen LogP contribution in [0.3, 0.4) is 0 Å². The molecule has 1 atom stereocenters. The molecule has 160 valence electrons. The van der Waals surface area contributed by atoms with E-state index in [0.717, 1.165) is 77.6 Å². The van der Waals surface area contributed by atoms with Gasteiger partial charge in [0.1, 0.15) is 5.78 Å². The predicted octanol–water partition coefficient (Wildman–Crippen LogP) is 5.90. The van der Waals surface area contributed by atoms with Gasteiger partial charge in [-0.1, -0.05) is 6.42 Å². The number of halogens is 2. The summed E-state index contributed by atoms with van der Waals surface area (Å²) >= 11 is 0. The number of carbonyl (C=O) groups excluding carboxylic acids is 1. The Morgan fingerprint density at radius 3 is 2.18 bits per heavy atom. The van der Waals surface area contributed by atoms with Gasteiger partial charge in [-0.2, -0.15) is 0 Å². The third kappa shape index (κ3) is 4.16. The first-order valence-corrected chi connectivity index (χ1v) is 11.5. The van der Waals surface area contributed by atoms with Crippen LogP contribution >= 0.6 is 0 Å². The van der Waals surface area contributed by atoms with E-state index in [1.54, 1.807) is 0 Å². The van der Waals surface area contributed by atoms with Crippen LogP contribution in [-0.2, 0) is 14.3 Å². The molecule has 28 heavy (non-hydrogen) atoms. The smallest absolute Gasteiger partial charge is 0.248 e. The van der Waals surface area contributed by atoms with Crippen molar-refractivity contribution in [2.24, 2.45) is 23.2 Å². The maximum Gasteiger partial charge on any atom is 0.248 e. The number of ketones is 1. The van der Waals surface area contributed by atoms with Crippen LogP contribution in [0.4, 0.5) is 8.78 Å². The molecule has 1 saturated heterocycles. The second-order valence-electron chi connectivity index (χ2n) is 10.1. The second-order valence-corrected chi connectivity index (χ2v) is 10.1. The highest BCUT2D eigenvalue weighted by Crippen LogP contribution is 2.52. The highest BCUT2D eigenvalue weighted by molar-refractivity contribution is 5.87. The molecular formula is C23H36F2O3. The normalized spacial score (nSPS) is 35.5. The summed E-state index contributed by atoms with van der Waals surface area (Å²) in [7, 11) is 0. The standard InChI is InChI=1S/C23H36F2O3/c1-21(24,25)19-8-5-17(6-9-19)4-7-18-3-2-10-22(20(18)26)11-13-23(14-12-22)27-15-16-28-23/h17-19H,2-16H2,1H3. The van der Waals surface area contributed by atoms with Crippen molar-refractivity contribution in [1.29, 1.82) is 0 Å². The lowest BCUT2D eigenvalue weighted by molar-refractivity contribution is -0.195. The summed E-state index contributed by atoms with van der Waals surface area (Å²) < 4.78 is 38.7. The molecular weight excluding hydrogens is 362 g/mol. The molecule has 0 aromatic carbocycles. The number of hydrogen-bond donors (Lipinski definition) is 0. The summed E-state index contributed by atoms with van der Waals surface area (Å²) in [5, 5.41) is 0. The lowest BCUT2D eigenvalue weighted by Gasteiger charge is -2.46. The molecule has 4 fully saturated rings. The molecule has 1 heterocycles. The zero-order valence-corrected chi connectivity index (χ0v) is 17.3. The van der Waals surface area contributed by atoms with Crippen molar-refractivity contribution >= 4 is 5.78 Å². The van der Waals surface area contributed by atoms with E-state index < -0.39 is 17.6 Å². The van der Waals surface area contributed by atoms with Crippen molar-refractivity contribution in [3.63, 3.8) is 0 Å². The van der Waals surface area contributed by atoms with Crippen LogP contribution in [-0.4, -0.2) is 30.7 Å². The van der Waals surface area contributed by atoms with Gasteiger partial charge in [0, 0.05) is 30.1 Å². The second kappa shape index (κ2) is 7.94. The molecule has 4 aliphatic rings. The Morgan fingerprint density at radius 2 is 1.57 bits per heavy atom. The van der Waals surface area contributed by atoms with E-state index in [1.807, 2.05) is 0 Å². The Bertz CT molecular complexity index is 547. The first-order valence-electron chi connectivity index (χ1n) is 11.5. The number of ether oxygens (including phenoxy) is 2. The topological polar surface area (TPSA) is 35.5 Å². The van der Waals surface area contributed by atoms with Crippen molar-refractivity contribution in [2.45, 2.75) is 102 Å². The van der Waals surface area contributed by atoms with Crippen LogP contribution < -0.4 is 0 Å². The number of hydrogen-bond acceptors (Lipinski definition) is 3. The maximum atomic E-state index is 13.5. The first-order chi connectivity index (χ1) is 13.3. The summed E-state index contributed by atoms with van der Waals surface area (Å²) in [6.07, 6.45) is 11.7. The van der Waals surface area contributed by atoms with Crippen LogP contribution in [0, 0.1) is 23.2 Å². The Kier molecular flexibility index (Phi) is 5.87. The van der Waals surface area contributed by atoms with Crippen molar-refractivity contribution < 1.29 is 23.0 Å². The Morgan fingerprint density at radius 1 is 0.929 bits per heavy atom. The Balaban J connectivity index is 1.27. The molecule has 0 aromatic heterocycles. The van der Waals surface area contributed by atoms with Crippen molar-refractivity contribution in [1.82, 2.24) is 0 Å². The number of alkyl halides is 2. The van der Waals surface area contributed by atoms with E-state index in [1.165, 1.54) is 0 Å². The summed E-state index contributed by atoms with van der Waals surface area (Å²) in [4.78, 5) is 13.4. The van der Waals surface area contributed by atoms with Gasteiger partial charge in [0.2, 0.25) is 5.92 Å². The molecule has 3 aliphatic carbocycles. The van der Waals surface area contributed by atoms with Crippen molar-refractivity contribution in [3.8, 4) is 0 Å². The fraction of sp³-hybridized carbons (Fsp3) is 0.957. The molecule has 3 nitrogen and oxygen atoms in total. The summed E-state index contributed by atoms with van der Waals surface area (Å²) in [5.74, 6) is -2.20. The van der Waals surface area contributed by atoms with E-state index in [9.17, 15) is 13.6 Å². The van der Waals surface area contributed by atoms with Gasteiger partial charge in [-0.15, -0.1) is 0 Å². The highest BCUT2D eigenvalue weighted by Gasteiger charge is 2.51. The molecule has 0 bridgehead atoms. The van der Waals surface area contributed by atoms with Gasteiger partial charge in [-0.05, 0) is 77.0 Å². The molecule has 0 amide bonds. The average molecular weight is 399 g/mol. The molecule has 3 saturated carbocycles. The maximum absolute atomic E-state index is 13.5. The quantitative estimate of drug-likeness (QED) is 0.591. The van der Waals surface area contributed by atoms with Gasteiger partial charge in [-0.25, -0.2) is 8.78 Å². The minimum Gasteiger partial charge on any atom is -0.348 e. The molecule has 0 radical (unpaired) electrons. The molecule has 4 rings (SSSR count). The number of rotatable bonds is 4. The van der Waals surface area contributed by atoms with Gasteiger partial charge < -0.3 is 9.47 Å². The lowest BCUT2D eigenvalue weighted by Crippen LogP contribution is -2.47. The van der Waals surface area contributed by atoms with Crippen LogP contribution in [0.5, 0.6) is 0 Å². The van der Waals surface area contributed by atoms with Gasteiger partial charge in [0.05, 0.1) is 13.2 Å². The van der Waals surface area contributed by atoms with Crippen LogP contribution in [0.1, 0.15) is 90.4 Å². The van der Waals surface area contributed by atoms with Gasteiger partial charge in [0.15, 0.2) is 5.79 Å². The third-order valence-electron chi connectivity index (χ3n) is 8.37. The molecule has 2 spiro atoms. The van der Waals surface area contributed by atoms with E-state index in [4.69, 9.17) is 9.47 Å². The zero-order chi connectivity index (χ0) is 19.8. The average Bonchev–Trinajstić information content (AvgIpc) is 3.14. The van der Waals surface area contributed by atoms with E-state index in [2.05, 4.69) is 0 Å². The SMILES string of the molecule is CC(F)(F)C1CCC(CCC2CCCC3(CCC4(CC3)OCCO4)C2=O)CC1. The summed E-state index contributed by atoms with van der Waals surface area (Å²) in [5.41, 5.74) is -0.147. The molecule has 0 aromatic rings. The van der Waals surface area contributed by atoms with E-state index in [0.29, 0.717) is 37.8 Å². The highest BCUT2D eigenvalue weighted by atomic mass is 19.3. The van der Waals surface area contributed by atoms with E-state index >= 15 is 0 Å². The van der Waals surface area contributed by atoms with Crippen molar-refractivity contribution in [3.05, 3.63) is 0 Å². The third-order valence-corrected chi connectivity index (χ3v) is 8.37. The predicted molar refractivity (Wildman–Crippen MR) is 103 cm³/mol. The van der Waals surface area contributed by atoms with Crippen LogP contribution in [0.15, 0.2) is 0 Å². The zero-order valence-electron chi connectivity index (χ0n) is 17.3. The summed E-state index contributed by atoms with van der Waals surface area (Å²) in [6, 6.07) is 0. The van der Waals surface area contributed by atoms with Crippen molar-refractivity contribution in [2.75, 3.05) is 13.2 Å². The molecule has 1 aliphatic heterocycles. The minimum atomic E-state index is -2.54. The first kappa shape index (κ1) is 20.7. The fourth-order valence-corrected chi connectivity index (χ4v) is 6.44. The fourth-order valence-electron chi connectivity index (χ4n) is 6.44. The minimum absolute atomic E-state index is 0.147. The largest absolute Gasteiger partial charge is 0.348 e. The van der Waals surface area contributed by atoms with E-state index in [-0.39, 0.29) is 11.3 Å². The van der Waals surface area contributed by atoms with Gasteiger partial charge in [0.25, 0.3) is 0 Å². The number of Topliss-reactive ketones (excluding diaryl/α,β-unsaturated/α-hetero) is 1. The van der Waals surface area contributed by atoms with Gasteiger partial charge >= 0.3 is 0 Å².